The average Bonchev–Trinajstić information content (AvgIpc) is 2.67. The van der Waals surface area contributed by atoms with Crippen LogP contribution in [0.1, 0.15) is 18.4 Å². The summed E-state index contributed by atoms with van der Waals surface area (Å²) in [4.78, 5) is 12.7. The van der Waals surface area contributed by atoms with Gasteiger partial charge in [-0.3, -0.25) is 4.79 Å². The molecule has 1 unspecified atom stereocenters. The Morgan fingerprint density at radius 3 is 2.41 bits per heavy atom. The maximum Gasteiger partial charge on any atom is 0.228 e. The van der Waals surface area contributed by atoms with Gasteiger partial charge in [-0.1, -0.05) is 52.5 Å². The van der Waals surface area contributed by atoms with Crippen molar-refractivity contribution in [3.8, 4) is 0 Å². The lowest BCUT2D eigenvalue weighted by molar-refractivity contribution is -0.120. The molecular formula is C19H18Cl4N2O3S. The van der Waals surface area contributed by atoms with E-state index >= 15 is 0 Å². The number of benzene rings is 2. The van der Waals surface area contributed by atoms with Crippen LogP contribution in [-0.4, -0.2) is 31.7 Å². The molecule has 2 aromatic rings. The van der Waals surface area contributed by atoms with Gasteiger partial charge >= 0.3 is 0 Å². The van der Waals surface area contributed by atoms with Crippen LogP contribution in [0.4, 0.5) is 5.69 Å². The zero-order valence-electron chi connectivity index (χ0n) is 15.2. The van der Waals surface area contributed by atoms with E-state index in [0.717, 1.165) is 0 Å². The molecular weight excluding hydrogens is 478 g/mol. The fourth-order valence-corrected chi connectivity index (χ4v) is 6.00. The van der Waals surface area contributed by atoms with Gasteiger partial charge in [-0.25, -0.2) is 12.7 Å². The Hall–Kier alpha value is -1.02. The number of amides is 1. The zero-order chi connectivity index (χ0) is 21.2. The van der Waals surface area contributed by atoms with Crippen molar-refractivity contribution in [3.05, 3.63) is 62.1 Å². The first-order valence-corrected chi connectivity index (χ1v) is 12.0. The second-order valence-corrected chi connectivity index (χ2v) is 10.4. The number of halogens is 4. The van der Waals surface area contributed by atoms with Crippen molar-refractivity contribution in [1.82, 2.24) is 4.31 Å². The molecule has 5 nitrogen and oxygen atoms in total. The molecule has 2 aromatic carbocycles. The Kier molecular flexibility index (Phi) is 7.36. The molecule has 1 heterocycles. The number of hydrogen-bond donors (Lipinski definition) is 1. The smallest absolute Gasteiger partial charge is 0.228 e. The van der Waals surface area contributed by atoms with Crippen molar-refractivity contribution in [2.24, 2.45) is 5.92 Å². The van der Waals surface area contributed by atoms with Crippen LogP contribution in [0.5, 0.6) is 0 Å². The van der Waals surface area contributed by atoms with Crippen LogP contribution in [-0.2, 0) is 20.6 Å². The summed E-state index contributed by atoms with van der Waals surface area (Å²) < 4.78 is 27.2. The first-order chi connectivity index (χ1) is 13.7. The number of carbonyl (C=O) groups excluding carboxylic acids is 1. The van der Waals surface area contributed by atoms with Gasteiger partial charge in [0.2, 0.25) is 15.9 Å². The molecule has 156 valence electrons. The molecule has 1 atom stereocenters. The number of nitrogens with one attached hydrogen (secondary N) is 1. The predicted octanol–water partition coefficient (Wildman–Crippen LogP) is 5.48. The van der Waals surface area contributed by atoms with Gasteiger partial charge in [-0.15, -0.1) is 0 Å². The fraction of sp³-hybridized carbons (Fsp3) is 0.316. The van der Waals surface area contributed by atoms with E-state index in [-0.39, 0.29) is 18.2 Å². The number of sulfonamides is 1. The third-order valence-corrected chi connectivity index (χ3v) is 7.75. The molecule has 3 rings (SSSR count). The summed E-state index contributed by atoms with van der Waals surface area (Å²) in [6.07, 6.45) is 1.15. The molecule has 1 aliphatic heterocycles. The monoisotopic (exact) mass is 494 g/mol. The van der Waals surface area contributed by atoms with Crippen LogP contribution in [0.15, 0.2) is 36.4 Å². The molecule has 0 saturated carbocycles. The average molecular weight is 496 g/mol. The van der Waals surface area contributed by atoms with Crippen molar-refractivity contribution in [2.75, 3.05) is 18.4 Å². The summed E-state index contributed by atoms with van der Waals surface area (Å²) in [6, 6.07) is 9.61. The normalized spacial score (nSPS) is 17.9. The van der Waals surface area contributed by atoms with Crippen LogP contribution in [0.2, 0.25) is 20.1 Å². The minimum Gasteiger partial charge on any atom is -0.324 e. The Morgan fingerprint density at radius 1 is 1.07 bits per heavy atom. The second kappa shape index (κ2) is 9.41. The van der Waals surface area contributed by atoms with E-state index < -0.39 is 15.9 Å². The molecule has 10 heteroatoms. The number of piperidine rings is 1. The first kappa shape index (κ1) is 22.7. The van der Waals surface area contributed by atoms with Crippen LogP contribution in [0.25, 0.3) is 0 Å². The number of nitrogens with zero attached hydrogens (tertiary/aromatic N) is 1. The van der Waals surface area contributed by atoms with Crippen molar-refractivity contribution >= 4 is 68.0 Å². The SMILES string of the molecule is O=C(Nc1ccc(Cl)cc1Cl)C1CCCN(S(=O)(=O)Cc2c(Cl)cccc2Cl)C1. The lowest BCUT2D eigenvalue weighted by Gasteiger charge is -2.31. The zero-order valence-corrected chi connectivity index (χ0v) is 19.0. The van der Waals surface area contributed by atoms with Crippen molar-refractivity contribution in [1.29, 1.82) is 0 Å². The summed E-state index contributed by atoms with van der Waals surface area (Å²) in [5, 5.41) is 4.12. The molecule has 1 N–H and O–H groups in total. The topological polar surface area (TPSA) is 66.5 Å². The van der Waals surface area contributed by atoms with E-state index in [9.17, 15) is 13.2 Å². The summed E-state index contributed by atoms with van der Waals surface area (Å²) in [6.45, 7) is 0.428. The van der Waals surface area contributed by atoms with Gasteiger partial charge in [-0.2, -0.15) is 0 Å². The minimum atomic E-state index is -3.69. The summed E-state index contributed by atoms with van der Waals surface area (Å²) in [5.41, 5.74) is 0.791. The quantitative estimate of drug-likeness (QED) is 0.597. The maximum atomic E-state index is 12.9. The number of hydrogen-bond acceptors (Lipinski definition) is 3. The Bertz CT molecular complexity index is 1010. The highest BCUT2D eigenvalue weighted by Gasteiger charge is 2.33. The predicted molar refractivity (Wildman–Crippen MR) is 118 cm³/mol. The third-order valence-electron chi connectivity index (χ3n) is 4.73. The molecule has 1 saturated heterocycles. The van der Waals surface area contributed by atoms with E-state index in [1.165, 1.54) is 10.4 Å². The Balaban J connectivity index is 1.71. The van der Waals surface area contributed by atoms with Gasteiger partial charge in [0, 0.05) is 33.7 Å². The van der Waals surface area contributed by atoms with Crippen molar-refractivity contribution in [3.63, 3.8) is 0 Å². The summed E-state index contributed by atoms with van der Waals surface area (Å²) in [7, 11) is -3.69. The summed E-state index contributed by atoms with van der Waals surface area (Å²) >= 11 is 24.2. The minimum absolute atomic E-state index is 0.0848. The number of rotatable bonds is 5. The largest absolute Gasteiger partial charge is 0.324 e. The number of carbonyl (C=O) groups is 1. The molecule has 0 aromatic heterocycles. The van der Waals surface area contributed by atoms with Crippen molar-refractivity contribution in [2.45, 2.75) is 18.6 Å². The molecule has 29 heavy (non-hydrogen) atoms. The van der Waals surface area contributed by atoms with Gasteiger partial charge in [0.25, 0.3) is 0 Å². The standard InChI is InChI=1S/C19H18Cl4N2O3S/c20-13-6-7-18(17(23)9-13)24-19(26)12-3-2-8-25(10-12)29(27,28)11-14-15(21)4-1-5-16(14)22/h1,4-7,9,12H,2-3,8,10-11H2,(H,24,26). The van der Waals surface area contributed by atoms with Gasteiger partial charge in [0.05, 0.1) is 22.4 Å². The molecule has 0 aliphatic carbocycles. The molecule has 1 aliphatic rings. The highest BCUT2D eigenvalue weighted by atomic mass is 35.5. The molecule has 0 radical (unpaired) electrons. The molecule has 0 spiro atoms. The third kappa shape index (κ3) is 5.57. The lowest BCUT2D eigenvalue weighted by atomic mass is 9.99. The van der Waals surface area contributed by atoms with E-state index in [1.807, 2.05) is 0 Å². The Labute approximate surface area is 189 Å². The van der Waals surface area contributed by atoms with Crippen LogP contribution < -0.4 is 5.32 Å². The van der Waals surface area contributed by atoms with Gasteiger partial charge in [-0.05, 0) is 43.2 Å². The van der Waals surface area contributed by atoms with Gasteiger partial charge < -0.3 is 5.32 Å². The Morgan fingerprint density at radius 2 is 1.76 bits per heavy atom. The van der Waals surface area contributed by atoms with Crippen LogP contribution >= 0.6 is 46.4 Å². The first-order valence-electron chi connectivity index (χ1n) is 8.84. The summed E-state index contributed by atoms with van der Waals surface area (Å²) in [5.74, 6) is -1.10. The molecule has 0 bridgehead atoms. The van der Waals surface area contributed by atoms with Crippen molar-refractivity contribution < 1.29 is 13.2 Å². The maximum absolute atomic E-state index is 12.9. The van der Waals surface area contributed by atoms with Gasteiger partial charge in [0.1, 0.15) is 0 Å². The molecule has 1 fully saturated rings. The second-order valence-electron chi connectivity index (χ2n) is 6.77. The van der Waals surface area contributed by atoms with E-state index in [2.05, 4.69) is 5.32 Å². The van der Waals surface area contributed by atoms with Crippen LogP contribution in [0.3, 0.4) is 0 Å². The fourth-order valence-electron chi connectivity index (χ4n) is 3.18. The van der Waals surface area contributed by atoms with E-state index in [0.29, 0.717) is 50.7 Å². The number of anilines is 1. The molecule has 1 amide bonds. The van der Waals surface area contributed by atoms with Crippen LogP contribution in [0, 0.1) is 5.92 Å². The van der Waals surface area contributed by atoms with E-state index in [1.54, 1.807) is 30.3 Å². The van der Waals surface area contributed by atoms with E-state index in [4.69, 9.17) is 46.4 Å². The highest BCUT2D eigenvalue weighted by molar-refractivity contribution is 7.88. The van der Waals surface area contributed by atoms with Gasteiger partial charge in [0.15, 0.2) is 0 Å². The highest BCUT2D eigenvalue weighted by Crippen LogP contribution is 2.30. The lowest BCUT2D eigenvalue weighted by Crippen LogP contribution is -2.44.